The van der Waals surface area contributed by atoms with E-state index in [0.717, 1.165) is 12.8 Å². The summed E-state index contributed by atoms with van der Waals surface area (Å²) in [5, 5.41) is 22.8. The average molecular weight is 274 g/mol. The van der Waals surface area contributed by atoms with Gasteiger partial charge in [-0.25, -0.2) is 9.59 Å². The van der Waals surface area contributed by atoms with E-state index in [1.807, 2.05) is 0 Å². The molecule has 7 heteroatoms. The maximum atomic E-state index is 11.5. The molecule has 1 aliphatic heterocycles. The third kappa shape index (κ3) is 5.89. The van der Waals surface area contributed by atoms with E-state index < -0.39 is 12.1 Å². The topological polar surface area (TPSA) is 108 Å². The Hall–Kier alpha value is -1.34. The van der Waals surface area contributed by atoms with E-state index in [-0.39, 0.29) is 24.4 Å². The summed E-state index contributed by atoms with van der Waals surface area (Å²) in [6.07, 6.45) is 0.373. The quantitative estimate of drug-likeness (QED) is 0.542. The molecule has 0 saturated carbocycles. The molecular formula is C12H22N2O5. The van der Waals surface area contributed by atoms with Gasteiger partial charge in [0.1, 0.15) is 0 Å². The molecule has 1 aliphatic rings. The van der Waals surface area contributed by atoms with Gasteiger partial charge in [0.15, 0.2) is 6.10 Å². The van der Waals surface area contributed by atoms with Crippen LogP contribution in [0.15, 0.2) is 0 Å². The van der Waals surface area contributed by atoms with Crippen molar-refractivity contribution >= 4 is 12.0 Å². The van der Waals surface area contributed by atoms with Crippen LogP contribution in [0.2, 0.25) is 0 Å². The molecule has 0 aliphatic carbocycles. The molecule has 0 radical (unpaired) electrons. The van der Waals surface area contributed by atoms with Gasteiger partial charge in [-0.15, -0.1) is 0 Å². The molecule has 110 valence electrons. The van der Waals surface area contributed by atoms with E-state index in [0.29, 0.717) is 19.8 Å². The predicted octanol–water partition coefficient (Wildman–Crippen LogP) is -0.0621. The zero-order valence-corrected chi connectivity index (χ0v) is 11.1. The highest BCUT2D eigenvalue weighted by atomic mass is 16.5. The SMILES string of the molecule is CC1(CNC(=O)NCC[C@H](O)C(=O)O)CCOCC1. The molecule has 1 saturated heterocycles. The monoisotopic (exact) mass is 274 g/mol. The third-order valence-electron chi connectivity index (χ3n) is 3.36. The van der Waals surface area contributed by atoms with Crippen molar-refractivity contribution < 1.29 is 24.5 Å². The van der Waals surface area contributed by atoms with Crippen molar-refractivity contribution in [2.75, 3.05) is 26.3 Å². The lowest BCUT2D eigenvalue weighted by Gasteiger charge is -2.33. The first-order chi connectivity index (χ1) is 8.93. The average Bonchev–Trinajstić information content (AvgIpc) is 2.37. The lowest BCUT2D eigenvalue weighted by Crippen LogP contribution is -2.44. The smallest absolute Gasteiger partial charge is 0.332 e. The highest BCUT2D eigenvalue weighted by Gasteiger charge is 2.27. The van der Waals surface area contributed by atoms with Crippen LogP contribution >= 0.6 is 0 Å². The molecule has 2 amide bonds. The summed E-state index contributed by atoms with van der Waals surface area (Å²) >= 11 is 0. The zero-order chi connectivity index (χ0) is 14.3. The van der Waals surface area contributed by atoms with E-state index in [4.69, 9.17) is 14.9 Å². The fourth-order valence-electron chi connectivity index (χ4n) is 1.84. The Balaban J connectivity index is 2.15. The molecule has 0 aromatic rings. The molecule has 0 bridgehead atoms. The Kier molecular flexibility index (Phi) is 6.04. The summed E-state index contributed by atoms with van der Waals surface area (Å²) in [5.74, 6) is -1.28. The number of carboxylic acid groups (broad SMARTS) is 1. The van der Waals surface area contributed by atoms with Crippen molar-refractivity contribution in [2.45, 2.75) is 32.3 Å². The molecule has 4 N–H and O–H groups in total. The number of hydrogen-bond acceptors (Lipinski definition) is 4. The van der Waals surface area contributed by atoms with Crippen molar-refractivity contribution in [1.29, 1.82) is 0 Å². The van der Waals surface area contributed by atoms with E-state index in [1.54, 1.807) is 0 Å². The van der Waals surface area contributed by atoms with Gasteiger partial charge < -0.3 is 25.6 Å². The third-order valence-corrected chi connectivity index (χ3v) is 3.36. The van der Waals surface area contributed by atoms with Crippen LogP contribution < -0.4 is 10.6 Å². The maximum Gasteiger partial charge on any atom is 0.332 e. The van der Waals surface area contributed by atoms with Crippen LogP contribution in [0.4, 0.5) is 4.79 Å². The normalized spacial score (nSPS) is 19.5. The number of rotatable bonds is 6. The Morgan fingerprint density at radius 2 is 1.95 bits per heavy atom. The summed E-state index contributed by atoms with van der Waals surface area (Å²) in [7, 11) is 0. The fraction of sp³-hybridized carbons (Fsp3) is 0.833. The summed E-state index contributed by atoms with van der Waals surface area (Å²) in [6, 6.07) is -0.342. The van der Waals surface area contributed by atoms with Gasteiger partial charge in [0, 0.05) is 32.7 Å². The number of urea groups is 1. The standard InChI is InChI=1S/C12H22N2O5/c1-12(3-6-19-7-4-12)8-14-11(18)13-5-2-9(15)10(16)17/h9,15H,2-8H2,1H3,(H,16,17)(H2,13,14,18)/t9-/m0/s1. The number of nitrogens with one attached hydrogen (secondary N) is 2. The van der Waals surface area contributed by atoms with Crippen LogP contribution in [0, 0.1) is 5.41 Å². The predicted molar refractivity (Wildman–Crippen MR) is 67.8 cm³/mol. The van der Waals surface area contributed by atoms with Gasteiger partial charge in [-0.3, -0.25) is 0 Å². The van der Waals surface area contributed by atoms with Crippen LogP contribution in [0.3, 0.4) is 0 Å². The maximum absolute atomic E-state index is 11.5. The molecule has 0 aromatic heterocycles. The van der Waals surface area contributed by atoms with Crippen LogP contribution in [0.5, 0.6) is 0 Å². The van der Waals surface area contributed by atoms with Gasteiger partial charge in [0.2, 0.25) is 0 Å². The Labute approximate surface area is 112 Å². The van der Waals surface area contributed by atoms with E-state index in [1.165, 1.54) is 0 Å². The van der Waals surface area contributed by atoms with Crippen molar-refractivity contribution in [2.24, 2.45) is 5.41 Å². The van der Waals surface area contributed by atoms with Gasteiger partial charge in [-0.2, -0.15) is 0 Å². The molecule has 1 rings (SSSR count). The molecule has 0 aromatic carbocycles. The minimum absolute atomic E-state index is 0.00609. The lowest BCUT2D eigenvalue weighted by atomic mass is 9.82. The zero-order valence-electron chi connectivity index (χ0n) is 11.1. The Morgan fingerprint density at radius 1 is 1.32 bits per heavy atom. The minimum atomic E-state index is -1.44. The molecule has 1 atom stereocenters. The number of aliphatic hydroxyl groups is 1. The second-order valence-electron chi connectivity index (χ2n) is 5.18. The molecule has 0 unspecified atom stereocenters. The number of hydrogen-bond donors (Lipinski definition) is 4. The van der Waals surface area contributed by atoms with Gasteiger partial charge in [-0.1, -0.05) is 6.92 Å². The molecule has 0 spiro atoms. The number of amides is 2. The molecule has 1 fully saturated rings. The van der Waals surface area contributed by atoms with E-state index in [2.05, 4.69) is 17.6 Å². The van der Waals surface area contributed by atoms with Crippen LogP contribution in [0.25, 0.3) is 0 Å². The highest BCUT2D eigenvalue weighted by molar-refractivity contribution is 5.74. The summed E-state index contributed by atoms with van der Waals surface area (Å²) in [6.45, 7) is 4.21. The molecule has 1 heterocycles. The first-order valence-corrected chi connectivity index (χ1v) is 6.43. The summed E-state index contributed by atoms with van der Waals surface area (Å²) < 4.78 is 5.27. The van der Waals surface area contributed by atoms with Crippen LogP contribution in [-0.4, -0.2) is 54.6 Å². The number of ether oxygens (including phenoxy) is 1. The number of carboxylic acids is 1. The van der Waals surface area contributed by atoms with Crippen molar-refractivity contribution in [3.8, 4) is 0 Å². The van der Waals surface area contributed by atoms with Crippen LogP contribution in [-0.2, 0) is 9.53 Å². The molecule has 7 nitrogen and oxygen atoms in total. The fourth-order valence-corrected chi connectivity index (χ4v) is 1.84. The molecular weight excluding hydrogens is 252 g/mol. The Bertz CT molecular complexity index is 315. The molecule has 19 heavy (non-hydrogen) atoms. The van der Waals surface area contributed by atoms with Crippen molar-refractivity contribution in [3.05, 3.63) is 0 Å². The van der Waals surface area contributed by atoms with Crippen molar-refractivity contribution in [3.63, 3.8) is 0 Å². The minimum Gasteiger partial charge on any atom is -0.479 e. The number of aliphatic carboxylic acids is 1. The van der Waals surface area contributed by atoms with E-state index in [9.17, 15) is 9.59 Å². The van der Waals surface area contributed by atoms with Gasteiger partial charge in [0.05, 0.1) is 0 Å². The van der Waals surface area contributed by atoms with E-state index >= 15 is 0 Å². The number of carbonyl (C=O) groups excluding carboxylic acids is 1. The van der Waals surface area contributed by atoms with Crippen molar-refractivity contribution in [1.82, 2.24) is 10.6 Å². The van der Waals surface area contributed by atoms with Gasteiger partial charge >= 0.3 is 12.0 Å². The lowest BCUT2D eigenvalue weighted by molar-refractivity contribution is -0.146. The first-order valence-electron chi connectivity index (χ1n) is 6.43. The largest absolute Gasteiger partial charge is 0.479 e. The highest BCUT2D eigenvalue weighted by Crippen LogP contribution is 2.28. The Morgan fingerprint density at radius 3 is 2.53 bits per heavy atom. The van der Waals surface area contributed by atoms with Gasteiger partial charge in [0.25, 0.3) is 0 Å². The second kappa shape index (κ2) is 7.30. The summed E-state index contributed by atoms with van der Waals surface area (Å²) in [4.78, 5) is 21.9. The van der Waals surface area contributed by atoms with Gasteiger partial charge in [-0.05, 0) is 18.3 Å². The summed E-state index contributed by atoms with van der Waals surface area (Å²) in [5.41, 5.74) is 0.0518. The second-order valence-corrected chi connectivity index (χ2v) is 5.18. The number of aliphatic hydroxyl groups excluding tert-OH is 1. The first kappa shape index (κ1) is 15.7. The van der Waals surface area contributed by atoms with Crippen LogP contribution in [0.1, 0.15) is 26.2 Å². The number of carbonyl (C=O) groups is 2.